The van der Waals surface area contributed by atoms with E-state index < -0.39 is 0 Å². The van der Waals surface area contributed by atoms with Crippen LogP contribution >= 0.6 is 11.8 Å². The van der Waals surface area contributed by atoms with Crippen LogP contribution in [0.3, 0.4) is 0 Å². The highest BCUT2D eigenvalue weighted by Crippen LogP contribution is 2.39. The summed E-state index contributed by atoms with van der Waals surface area (Å²) < 4.78 is 6.24. The zero-order chi connectivity index (χ0) is 14.0. The molecule has 3 atom stereocenters. The minimum absolute atomic E-state index is 0.233. The van der Waals surface area contributed by atoms with E-state index in [4.69, 9.17) is 4.74 Å². The number of hydrogen-bond donors (Lipinski definition) is 1. The fourth-order valence-electron chi connectivity index (χ4n) is 4.34. The van der Waals surface area contributed by atoms with Crippen molar-refractivity contribution in [3.8, 4) is 0 Å². The molecule has 1 spiro atoms. The zero-order valence-electron chi connectivity index (χ0n) is 13.1. The molecule has 0 bridgehead atoms. The van der Waals surface area contributed by atoms with Crippen LogP contribution in [0, 0.1) is 5.92 Å². The van der Waals surface area contributed by atoms with Gasteiger partial charge in [0.05, 0.1) is 5.60 Å². The van der Waals surface area contributed by atoms with Gasteiger partial charge in [0.1, 0.15) is 0 Å². The van der Waals surface area contributed by atoms with Gasteiger partial charge in [0.2, 0.25) is 0 Å². The molecule has 116 valence electrons. The molecule has 3 aliphatic rings. The van der Waals surface area contributed by atoms with Gasteiger partial charge in [0.15, 0.2) is 0 Å². The van der Waals surface area contributed by atoms with Gasteiger partial charge in [-0.25, -0.2) is 0 Å². The molecule has 4 heteroatoms. The summed E-state index contributed by atoms with van der Waals surface area (Å²) >= 11 is 2.10. The minimum Gasteiger partial charge on any atom is -0.375 e. The van der Waals surface area contributed by atoms with E-state index in [-0.39, 0.29) is 5.60 Å². The van der Waals surface area contributed by atoms with Gasteiger partial charge in [-0.1, -0.05) is 6.92 Å². The van der Waals surface area contributed by atoms with Gasteiger partial charge < -0.3 is 10.1 Å². The first-order valence-corrected chi connectivity index (χ1v) is 9.51. The third-order valence-corrected chi connectivity index (χ3v) is 6.68. The van der Waals surface area contributed by atoms with E-state index in [1.807, 2.05) is 0 Å². The van der Waals surface area contributed by atoms with E-state index in [1.54, 1.807) is 0 Å². The standard InChI is InChI=1S/C16H30N2OS/c1-13-12-18(7-3-15(13)17-2)14-4-8-19-16(11-14)5-9-20-10-6-16/h13-15,17H,3-12H2,1-2H3. The maximum Gasteiger partial charge on any atom is 0.0713 e. The van der Waals surface area contributed by atoms with Gasteiger partial charge >= 0.3 is 0 Å². The van der Waals surface area contributed by atoms with Crippen molar-refractivity contribution in [2.24, 2.45) is 5.92 Å². The van der Waals surface area contributed by atoms with Crippen molar-refractivity contribution in [2.45, 2.75) is 56.7 Å². The molecular formula is C16H30N2OS. The Hall–Kier alpha value is 0.230. The number of likely N-dealkylation sites (tertiary alicyclic amines) is 1. The van der Waals surface area contributed by atoms with E-state index in [9.17, 15) is 0 Å². The van der Waals surface area contributed by atoms with E-state index in [0.29, 0.717) is 6.04 Å². The molecule has 20 heavy (non-hydrogen) atoms. The molecule has 0 aromatic rings. The molecule has 0 aromatic carbocycles. The smallest absolute Gasteiger partial charge is 0.0713 e. The van der Waals surface area contributed by atoms with Crippen molar-refractivity contribution >= 4 is 11.8 Å². The molecule has 3 rings (SSSR count). The lowest BCUT2D eigenvalue weighted by Crippen LogP contribution is -2.55. The van der Waals surface area contributed by atoms with Gasteiger partial charge in [-0.15, -0.1) is 0 Å². The van der Waals surface area contributed by atoms with Gasteiger partial charge in [-0.05, 0) is 63.1 Å². The van der Waals surface area contributed by atoms with Crippen LogP contribution in [-0.2, 0) is 4.74 Å². The number of thioether (sulfide) groups is 1. The van der Waals surface area contributed by atoms with Gasteiger partial charge in [0, 0.05) is 25.2 Å². The molecule has 3 aliphatic heterocycles. The van der Waals surface area contributed by atoms with Crippen molar-refractivity contribution in [3.05, 3.63) is 0 Å². The van der Waals surface area contributed by atoms with Gasteiger partial charge in [-0.2, -0.15) is 11.8 Å². The number of piperidine rings is 1. The summed E-state index contributed by atoms with van der Waals surface area (Å²) in [5, 5.41) is 3.48. The zero-order valence-corrected chi connectivity index (χ0v) is 13.9. The second kappa shape index (κ2) is 6.55. The molecular weight excluding hydrogens is 268 g/mol. The van der Waals surface area contributed by atoms with Crippen molar-refractivity contribution < 1.29 is 4.74 Å². The number of nitrogens with zero attached hydrogens (tertiary/aromatic N) is 1. The molecule has 0 radical (unpaired) electrons. The van der Waals surface area contributed by atoms with Crippen molar-refractivity contribution in [2.75, 3.05) is 38.2 Å². The van der Waals surface area contributed by atoms with E-state index in [0.717, 1.165) is 18.6 Å². The summed E-state index contributed by atoms with van der Waals surface area (Å²) in [6.45, 7) is 5.92. The van der Waals surface area contributed by atoms with Crippen LogP contribution in [0.1, 0.15) is 39.0 Å². The molecule has 3 fully saturated rings. The van der Waals surface area contributed by atoms with E-state index in [2.05, 4.69) is 35.9 Å². The first-order chi connectivity index (χ1) is 9.72. The Morgan fingerprint density at radius 2 is 2.05 bits per heavy atom. The number of ether oxygens (including phenoxy) is 1. The highest BCUT2D eigenvalue weighted by atomic mass is 32.2. The van der Waals surface area contributed by atoms with Crippen LogP contribution in [0.25, 0.3) is 0 Å². The van der Waals surface area contributed by atoms with Crippen LogP contribution < -0.4 is 5.32 Å². The average molecular weight is 298 g/mol. The summed E-state index contributed by atoms with van der Waals surface area (Å²) in [6, 6.07) is 1.48. The van der Waals surface area contributed by atoms with Crippen molar-refractivity contribution in [1.82, 2.24) is 10.2 Å². The Balaban J connectivity index is 1.59. The molecule has 1 N–H and O–H groups in total. The van der Waals surface area contributed by atoms with Crippen LogP contribution in [0.5, 0.6) is 0 Å². The second-order valence-corrected chi connectivity index (χ2v) is 8.17. The number of nitrogens with one attached hydrogen (secondary N) is 1. The molecule has 0 saturated carbocycles. The molecule has 3 saturated heterocycles. The molecule has 0 amide bonds. The van der Waals surface area contributed by atoms with Gasteiger partial charge in [0.25, 0.3) is 0 Å². The van der Waals surface area contributed by atoms with Crippen LogP contribution in [0.15, 0.2) is 0 Å². The fourth-order valence-corrected chi connectivity index (χ4v) is 5.58. The molecule has 3 nitrogen and oxygen atoms in total. The van der Waals surface area contributed by atoms with Crippen LogP contribution in [0.2, 0.25) is 0 Å². The quantitative estimate of drug-likeness (QED) is 0.846. The molecule has 0 aliphatic carbocycles. The lowest BCUT2D eigenvalue weighted by molar-refractivity contribution is -0.114. The Kier molecular flexibility index (Phi) is 4.96. The minimum atomic E-state index is 0.233. The maximum atomic E-state index is 6.24. The lowest BCUT2D eigenvalue weighted by atomic mass is 9.83. The third kappa shape index (κ3) is 3.18. The lowest BCUT2D eigenvalue weighted by Gasteiger charge is -2.49. The Labute approximate surface area is 128 Å². The summed E-state index contributed by atoms with van der Waals surface area (Å²) in [6.07, 6.45) is 6.38. The van der Waals surface area contributed by atoms with Crippen molar-refractivity contribution in [1.29, 1.82) is 0 Å². The van der Waals surface area contributed by atoms with E-state index in [1.165, 1.54) is 56.7 Å². The van der Waals surface area contributed by atoms with Crippen LogP contribution in [0.4, 0.5) is 0 Å². The first-order valence-electron chi connectivity index (χ1n) is 8.35. The summed E-state index contributed by atoms with van der Waals surface area (Å²) in [4.78, 5) is 2.77. The van der Waals surface area contributed by atoms with Gasteiger partial charge in [-0.3, -0.25) is 4.90 Å². The summed E-state index contributed by atoms with van der Waals surface area (Å²) in [7, 11) is 2.11. The monoisotopic (exact) mass is 298 g/mol. The Morgan fingerprint density at radius 1 is 1.25 bits per heavy atom. The molecule has 3 heterocycles. The fraction of sp³-hybridized carbons (Fsp3) is 1.00. The number of hydrogen-bond acceptors (Lipinski definition) is 4. The summed E-state index contributed by atoms with van der Waals surface area (Å²) in [5.74, 6) is 3.37. The number of rotatable bonds is 2. The predicted molar refractivity (Wildman–Crippen MR) is 86.5 cm³/mol. The first kappa shape index (κ1) is 15.1. The topological polar surface area (TPSA) is 24.5 Å². The molecule has 0 aromatic heterocycles. The van der Waals surface area contributed by atoms with E-state index >= 15 is 0 Å². The second-order valence-electron chi connectivity index (χ2n) is 6.95. The molecule has 3 unspecified atom stereocenters. The normalized spacial score (nSPS) is 39.0. The Bertz CT molecular complexity index is 314. The SMILES string of the molecule is CNC1CCN(C2CCOC3(CCSCC3)C2)CC1C. The summed E-state index contributed by atoms with van der Waals surface area (Å²) in [5.41, 5.74) is 0.233. The average Bonchev–Trinajstić information content (AvgIpc) is 2.48. The predicted octanol–water partition coefficient (Wildman–Crippen LogP) is 2.36. The maximum absolute atomic E-state index is 6.24. The van der Waals surface area contributed by atoms with Crippen molar-refractivity contribution in [3.63, 3.8) is 0 Å². The largest absolute Gasteiger partial charge is 0.375 e. The third-order valence-electron chi connectivity index (χ3n) is 5.69. The Morgan fingerprint density at radius 3 is 2.75 bits per heavy atom. The highest BCUT2D eigenvalue weighted by Gasteiger charge is 2.41. The highest BCUT2D eigenvalue weighted by molar-refractivity contribution is 7.99. The van der Waals surface area contributed by atoms with Crippen LogP contribution in [-0.4, -0.2) is 60.8 Å².